The Morgan fingerprint density at radius 2 is 2.39 bits per heavy atom. The lowest BCUT2D eigenvalue weighted by molar-refractivity contribution is 0.0435. The molecule has 1 saturated heterocycles. The van der Waals surface area contributed by atoms with E-state index in [-0.39, 0.29) is 18.0 Å². The van der Waals surface area contributed by atoms with Gasteiger partial charge in [-0.05, 0) is 41.8 Å². The zero-order chi connectivity index (χ0) is 12.7. The lowest BCUT2D eigenvalue weighted by atomic mass is 10.0. The van der Waals surface area contributed by atoms with Crippen LogP contribution in [0.3, 0.4) is 0 Å². The third-order valence-electron chi connectivity index (χ3n) is 3.29. The molecule has 1 aliphatic rings. The first-order valence-corrected chi connectivity index (χ1v) is 6.77. The highest BCUT2D eigenvalue weighted by atomic mass is 79.9. The summed E-state index contributed by atoms with van der Waals surface area (Å²) in [6.07, 6.45) is 5.04. The van der Waals surface area contributed by atoms with Gasteiger partial charge in [-0.15, -0.1) is 0 Å². The van der Waals surface area contributed by atoms with Crippen LogP contribution in [0.1, 0.15) is 30.1 Å². The van der Waals surface area contributed by atoms with Gasteiger partial charge in [0, 0.05) is 27.8 Å². The molecular formula is C13H13BrN2O2. The summed E-state index contributed by atoms with van der Waals surface area (Å²) in [6, 6.07) is 1.91. The van der Waals surface area contributed by atoms with Gasteiger partial charge in [-0.2, -0.15) is 0 Å². The predicted molar refractivity (Wildman–Crippen MR) is 71.7 cm³/mol. The molecule has 2 aromatic heterocycles. The van der Waals surface area contributed by atoms with Gasteiger partial charge >= 0.3 is 0 Å². The number of aromatic nitrogens is 2. The zero-order valence-electron chi connectivity index (χ0n) is 9.94. The lowest BCUT2D eigenvalue weighted by Gasteiger charge is -2.08. The van der Waals surface area contributed by atoms with Crippen LogP contribution < -0.4 is 0 Å². The van der Waals surface area contributed by atoms with Gasteiger partial charge in [0.05, 0.1) is 6.10 Å². The van der Waals surface area contributed by atoms with E-state index in [1.807, 2.05) is 13.0 Å². The number of hydrogen-bond donors (Lipinski definition) is 1. The largest absolute Gasteiger partial charge is 0.367 e. The maximum atomic E-state index is 12.4. The first-order chi connectivity index (χ1) is 8.65. The van der Waals surface area contributed by atoms with E-state index in [4.69, 9.17) is 4.74 Å². The van der Waals surface area contributed by atoms with Crippen molar-refractivity contribution in [3.63, 3.8) is 0 Å². The number of hydrogen-bond acceptors (Lipinski definition) is 3. The summed E-state index contributed by atoms with van der Waals surface area (Å²) in [6.45, 7) is 2.00. The third kappa shape index (κ3) is 1.97. The SMILES string of the molecule is CC1CCC(C(=O)c2c[nH]c3ncc(Br)cc23)O1. The number of nitrogens with zero attached hydrogens (tertiary/aromatic N) is 1. The van der Waals surface area contributed by atoms with Gasteiger partial charge in [-0.3, -0.25) is 4.79 Å². The second-order valence-corrected chi connectivity index (χ2v) is 5.54. The van der Waals surface area contributed by atoms with E-state index < -0.39 is 0 Å². The van der Waals surface area contributed by atoms with Crippen LogP contribution >= 0.6 is 15.9 Å². The Bertz CT molecular complexity index is 608. The first kappa shape index (κ1) is 11.9. The molecule has 1 aliphatic heterocycles. The molecule has 0 aliphatic carbocycles. The van der Waals surface area contributed by atoms with E-state index in [9.17, 15) is 4.79 Å². The number of ketones is 1. The Morgan fingerprint density at radius 1 is 1.56 bits per heavy atom. The average molecular weight is 309 g/mol. The monoisotopic (exact) mass is 308 g/mol. The topological polar surface area (TPSA) is 55.0 Å². The summed E-state index contributed by atoms with van der Waals surface area (Å²) < 4.78 is 6.50. The van der Waals surface area contributed by atoms with E-state index in [1.165, 1.54) is 0 Å². The third-order valence-corrected chi connectivity index (χ3v) is 3.72. The fraction of sp³-hybridized carbons (Fsp3) is 0.385. The molecule has 0 aromatic carbocycles. The van der Waals surface area contributed by atoms with Gasteiger partial charge in [0.1, 0.15) is 11.8 Å². The molecule has 0 radical (unpaired) electrons. The normalized spacial score (nSPS) is 23.7. The molecular weight excluding hydrogens is 296 g/mol. The Labute approximate surface area is 113 Å². The van der Waals surface area contributed by atoms with E-state index in [1.54, 1.807) is 12.4 Å². The number of fused-ring (bicyclic) bond motifs is 1. The number of Topliss-reactive ketones (excluding diaryl/α,β-unsaturated/α-hetero) is 1. The number of rotatable bonds is 2. The molecule has 5 heteroatoms. The highest BCUT2D eigenvalue weighted by Gasteiger charge is 2.30. The number of halogens is 1. The molecule has 0 bridgehead atoms. The van der Waals surface area contributed by atoms with Crippen molar-refractivity contribution in [1.82, 2.24) is 9.97 Å². The van der Waals surface area contributed by atoms with Crippen molar-refractivity contribution < 1.29 is 9.53 Å². The van der Waals surface area contributed by atoms with Crippen molar-refractivity contribution in [1.29, 1.82) is 0 Å². The average Bonchev–Trinajstić information content (AvgIpc) is 2.94. The van der Waals surface area contributed by atoms with Crippen LogP contribution in [0.4, 0.5) is 0 Å². The summed E-state index contributed by atoms with van der Waals surface area (Å²) in [4.78, 5) is 19.6. The Hall–Kier alpha value is -1.20. The molecule has 2 aromatic rings. The summed E-state index contributed by atoms with van der Waals surface area (Å²) in [5, 5.41) is 0.845. The molecule has 1 fully saturated rings. The predicted octanol–water partition coefficient (Wildman–Crippen LogP) is 3.08. The second kappa shape index (κ2) is 4.48. The van der Waals surface area contributed by atoms with Gasteiger partial charge in [0.15, 0.2) is 5.78 Å². The molecule has 0 saturated carbocycles. The fourth-order valence-electron chi connectivity index (χ4n) is 2.35. The molecule has 3 rings (SSSR count). The number of nitrogens with one attached hydrogen (secondary N) is 1. The Balaban J connectivity index is 1.99. The summed E-state index contributed by atoms with van der Waals surface area (Å²) in [5.74, 6) is 0.0468. The molecule has 0 amide bonds. The van der Waals surface area contributed by atoms with Crippen molar-refractivity contribution in [2.75, 3.05) is 0 Å². The number of ether oxygens (including phenoxy) is 1. The van der Waals surface area contributed by atoms with E-state index in [2.05, 4.69) is 25.9 Å². The van der Waals surface area contributed by atoms with Crippen LogP contribution in [-0.4, -0.2) is 28.0 Å². The number of aromatic amines is 1. The molecule has 1 N–H and O–H groups in total. The molecule has 3 heterocycles. The summed E-state index contributed by atoms with van der Waals surface area (Å²) in [7, 11) is 0. The van der Waals surface area contributed by atoms with Gasteiger partial charge < -0.3 is 9.72 Å². The van der Waals surface area contributed by atoms with Gasteiger partial charge in [0.25, 0.3) is 0 Å². The van der Waals surface area contributed by atoms with Crippen molar-refractivity contribution in [3.05, 3.63) is 28.5 Å². The van der Waals surface area contributed by atoms with Crippen molar-refractivity contribution in [2.45, 2.75) is 32.0 Å². The molecule has 0 spiro atoms. The van der Waals surface area contributed by atoms with Crippen molar-refractivity contribution in [2.24, 2.45) is 0 Å². The van der Waals surface area contributed by atoms with Crippen LogP contribution in [-0.2, 0) is 4.74 Å². The highest BCUT2D eigenvalue weighted by Crippen LogP contribution is 2.26. The molecule has 2 unspecified atom stereocenters. The van der Waals surface area contributed by atoms with Crippen LogP contribution in [0.25, 0.3) is 11.0 Å². The van der Waals surface area contributed by atoms with Crippen LogP contribution in [0, 0.1) is 0 Å². The fourth-order valence-corrected chi connectivity index (χ4v) is 2.68. The van der Waals surface area contributed by atoms with Crippen molar-refractivity contribution in [3.8, 4) is 0 Å². The minimum absolute atomic E-state index is 0.0468. The highest BCUT2D eigenvalue weighted by molar-refractivity contribution is 9.10. The maximum Gasteiger partial charge on any atom is 0.193 e. The molecule has 2 atom stereocenters. The summed E-state index contributed by atoms with van der Waals surface area (Å²) >= 11 is 3.37. The quantitative estimate of drug-likeness (QED) is 0.867. The first-order valence-electron chi connectivity index (χ1n) is 5.97. The van der Waals surface area contributed by atoms with Gasteiger partial charge in [-0.25, -0.2) is 4.98 Å². The minimum Gasteiger partial charge on any atom is -0.367 e. The van der Waals surface area contributed by atoms with E-state index >= 15 is 0 Å². The molecule has 18 heavy (non-hydrogen) atoms. The minimum atomic E-state index is -0.307. The van der Waals surface area contributed by atoms with Crippen LogP contribution in [0.15, 0.2) is 22.9 Å². The number of pyridine rings is 1. The van der Waals surface area contributed by atoms with E-state index in [0.29, 0.717) is 5.56 Å². The second-order valence-electron chi connectivity index (χ2n) is 4.63. The number of carbonyl (C=O) groups is 1. The lowest BCUT2D eigenvalue weighted by Crippen LogP contribution is -2.20. The van der Waals surface area contributed by atoms with Crippen LogP contribution in [0.2, 0.25) is 0 Å². The maximum absolute atomic E-state index is 12.4. The van der Waals surface area contributed by atoms with Gasteiger partial charge in [0.2, 0.25) is 0 Å². The number of H-pyrrole nitrogens is 1. The van der Waals surface area contributed by atoms with Crippen molar-refractivity contribution >= 4 is 32.7 Å². The van der Waals surface area contributed by atoms with Gasteiger partial charge in [-0.1, -0.05) is 0 Å². The smallest absolute Gasteiger partial charge is 0.193 e. The standard InChI is InChI=1S/C13H13BrN2O2/c1-7-2-3-11(18-7)12(17)10-6-16-13-9(10)4-8(14)5-15-13/h4-7,11H,2-3H2,1H3,(H,15,16). The van der Waals surface area contributed by atoms with E-state index in [0.717, 1.165) is 28.3 Å². The summed E-state index contributed by atoms with van der Waals surface area (Å²) in [5.41, 5.74) is 1.39. The molecule has 4 nitrogen and oxygen atoms in total. The molecule has 94 valence electrons. The Kier molecular flexibility index (Phi) is 2.95. The number of carbonyl (C=O) groups excluding carboxylic acids is 1. The Morgan fingerprint density at radius 3 is 3.11 bits per heavy atom. The zero-order valence-corrected chi connectivity index (χ0v) is 11.5. The van der Waals surface area contributed by atoms with Crippen LogP contribution in [0.5, 0.6) is 0 Å².